The van der Waals surface area contributed by atoms with Crippen LogP contribution in [0.2, 0.25) is 0 Å². The molecule has 0 spiro atoms. The number of nitrogens with two attached hydrogens (primary N) is 2. The Labute approximate surface area is 191 Å². The number of hydrogen-bond acceptors (Lipinski definition) is 5. The van der Waals surface area contributed by atoms with Gasteiger partial charge in [0.15, 0.2) is 5.78 Å². The van der Waals surface area contributed by atoms with Crippen molar-refractivity contribution in [2.45, 2.75) is 0 Å². The van der Waals surface area contributed by atoms with Gasteiger partial charge in [0.05, 0.1) is 0 Å². The summed E-state index contributed by atoms with van der Waals surface area (Å²) in [6.45, 7) is 0. The van der Waals surface area contributed by atoms with Crippen LogP contribution in [-0.2, 0) is 4.79 Å². The van der Waals surface area contributed by atoms with Gasteiger partial charge in [-0.25, -0.2) is 4.79 Å². The highest BCUT2D eigenvalue weighted by atomic mass is 16.5. The molecular weight excluding hydrogens is 412 g/mol. The normalized spacial score (nSPS) is 10.8. The molecule has 0 heterocycles. The van der Waals surface area contributed by atoms with Crippen molar-refractivity contribution in [3.05, 3.63) is 120 Å². The van der Waals surface area contributed by atoms with Crippen molar-refractivity contribution < 1.29 is 14.3 Å². The van der Waals surface area contributed by atoms with Crippen LogP contribution in [-0.4, -0.2) is 11.8 Å². The molecular formula is C28H22N2O3. The van der Waals surface area contributed by atoms with E-state index in [1.165, 1.54) is 6.08 Å². The number of ether oxygens (including phenoxy) is 1. The third kappa shape index (κ3) is 5.54. The molecule has 0 radical (unpaired) electrons. The van der Waals surface area contributed by atoms with Gasteiger partial charge in [-0.1, -0.05) is 48.5 Å². The van der Waals surface area contributed by atoms with Crippen LogP contribution < -0.4 is 16.2 Å². The molecule has 0 fully saturated rings. The molecule has 4 aromatic carbocycles. The minimum absolute atomic E-state index is 0.0904. The van der Waals surface area contributed by atoms with Crippen LogP contribution >= 0.6 is 0 Å². The van der Waals surface area contributed by atoms with Crippen LogP contribution in [0.4, 0.5) is 11.4 Å². The van der Waals surface area contributed by atoms with Gasteiger partial charge in [-0.3, -0.25) is 4.79 Å². The van der Waals surface area contributed by atoms with Gasteiger partial charge in [-0.15, -0.1) is 0 Å². The van der Waals surface area contributed by atoms with E-state index in [-0.39, 0.29) is 5.78 Å². The Morgan fingerprint density at radius 1 is 0.606 bits per heavy atom. The number of rotatable bonds is 6. The number of ketones is 1. The average molecular weight is 434 g/mol. The van der Waals surface area contributed by atoms with Crippen molar-refractivity contribution in [1.82, 2.24) is 0 Å². The SMILES string of the molecule is Nc1ccc(C(=O)c2ccc(/C=C/C(=O)Oc3ccc(-c4ccc(N)cc4)cc3)cc2)cc1. The zero-order chi connectivity index (χ0) is 23.2. The zero-order valence-electron chi connectivity index (χ0n) is 17.8. The first-order valence-corrected chi connectivity index (χ1v) is 10.3. The summed E-state index contributed by atoms with van der Waals surface area (Å²) in [5.74, 6) is -0.127. The minimum atomic E-state index is -0.489. The van der Waals surface area contributed by atoms with E-state index in [1.807, 2.05) is 36.4 Å². The molecule has 4 N–H and O–H groups in total. The van der Waals surface area contributed by atoms with E-state index in [2.05, 4.69) is 0 Å². The highest BCUT2D eigenvalue weighted by molar-refractivity contribution is 6.09. The molecule has 4 aromatic rings. The van der Waals surface area contributed by atoms with Gasteiger partial charge in [0.1, 0.15) is 5.75 Å². The van der Waals surface area contributed by atoms with E-state index >= 15 is 0 Å². The number of nitrogen functional groups attached to an aromatic ring is 2. The van der Waals surface area contributed by atoms with Crippen molar-refractivity contribution in [3.63, 3.8) is 0 Å². The van der Waals surface area contributed by atoms with Crippen molar-refractivity contribution in [3.8, 4) is 16.9 Å². The number of carbonyl (C=O) groups excluding carboxylic acids is 2. The Balaban J connectivity index is 1.36. The lowest BCUT2D eigenvalue weighted by atomic mass is 10.0. The average Bonchev–Trinajstić information content (AvgIpc) is 2.84. The predicted octanol–water partition coefficient (Wildman–Crippen LogP) is 5.37. The smallest absolute Gasteiger partial charge is 0.336 e. The number of hydrogen-bond donors (Lipinski definition) is 2. The monoisotopic (exact) mass is 434 g/mol. The molecule has 0 aliphatic carbocycles. The van der Waals surface area contributed by atoms with Crippen LogP contribution in [0.1, 0.15) is 21.5 Å². The molecule has 0 unspecified atom stereocenters. The summed E-state index contributed by atoms with van der Waals surface area (Å²) >= 11 is 0. The fourth-order valence-electron chi connectivity index (χ4n) is 3.25. The molecule has 4 rings (SSSR count). The standard InChI is InChI=1S/C28H22N2O3/c29-24-12-6-20(7-13-24)21-10-16-26(17-11-21)33-27(31)18-3-19-1-4-22(5-2-19)28(32)23-8-14-25(30)15-9-23/h1-18H,29-30H2/b18-3+. The van der Waals surface area contributed by atoms with Crippen molar-refractivity contribution >= 4 is 29.2 Å². The summed E-state index contributed by atoms with van der Waals surface area (Å²) in [4.78, 5) is 24.7. The number of carbonyl (C=O) groups is 2. The predicted molar refractivity (Wildman–Crippen MR) is 132 cm³/mol. The molecule has 0 aliphatic heterocycles. The lowest BCUT2D eigenvalue weighted by Gasteiger charge is -2.05. The molecule has 162 valence electrons. The molecule has 0 amide bonds. The first-order chi connectivity index (χ1) is 16.0. The Bertz CT molecular complexity index is 1290. The summed E-state index contributed by atoms with van der Waals surface area (Å²) in [6.07, 6.45) is 2.99. The second kappa shape index (κ2) is 9.66. The van der Waals surface area contributed by atoms with Gasteiger partial charge in [0.25, 0.3) is 0 Å². The van der Waals surface area contributed by atoms with Gasteiger partial charge in [0.2, 0.25) is 0 Å². The molecule has 0 atom stereocenters. The van der Waals surface area contributed by atoms with Gasteiger partial charge in [0, 0.05) is 28.6 Å². The van der Waals surface area contributed by atoms with E-state index < -0.39 is 5.97 Å². The summed E-state index contributed by atoms with van der Waals surface area (Å²) in [5, 5.41) is 0. The van der Waals surface area contributed by atoms with Crippen molar-refractivity contribution in [2.75, 3.05) is 11.5 Å². The first kappa shape index (κ1) is 21.6. The molecule has 33 heavy (non-hydrogen) atoms. The second-order valence-electron chi connectivity index (χ2n) is 7.47. The van der Waals surface area contributed by atoms with Crippen molar-refractivity contribution in [1.29, 1.82) is 0 Å². The first-order valence-electron chi connectivity index (χ1n) is 10.3. The van der Waals surface area contributed by atoms with Gasteiger partial charge < -0.3 is 16.2 Å². The summed E-state index contributed by atoms with van der Waals surface area (Å²) in [6, 6.07) is 28.6. The molecule has 0 bridgehead atoms. The largest absolute Gasteiger partial charge is 0.423 e. The Morgan fingerprint density at radius 2 is 1.06 bits per heavy atom. The lowest BCUT2D eigenvalue weighted by molar-refractivity contribution is -0.128. The summed E-state index contributed by atoms with van der Waals surface area (Å²) < 4.78 is 5.37. The Hall–Kier alpha value is -4.64. The van der Waals surface area contributed by atoms with E-state index in [0.29, 0.717) is 28.3 Å². The third-order valence-corrected chi connectivity index (χ3v) is 5.07. The second-order valence-corrected chi connectivity index (χ2v) is 7.47. The Kier molecular flexibility index (Phi) is 6.32. The van der Waals surface area contributed by atoms with E-state index in [0.717, 1.165) is 16.7 Å². The highest BCUT2D eigenvalue weighted by Gasteiger charge is 2.08. The molecule has 0 aliphatic rings. The molecule has 0 saturated carbocycles. The number of benzene rings is 4. The topological polar surface area (TPSA) is 95.4 Å². The zero-order valence-corrected chi connectivity index (χ0v) is 17.8. The van der Waals surface area contributed by atoms with Crippen LogP contribution in [0.5, 0.6) is 5.75 Å². The fourth-order valence-corrected chi connectivity index (χ4v) is 3.25. The maximum atomic E-state index is 12.5. The molecule has 5 nitrogen and oxygen atoms in total. The Morgan fingerprint density at radius 3 is 1.61 bits per heavy atom. The van der Waals surface area contributed by atoms with E-state index in [9.17, 15) is 9.59 Å². The highest BCUT2D eigenvalue weighted by Crippen LogP contribution is 2.23. The number of anilines is 2. The van der Waals surface area contributed by atoms with E-state index in [1.54, 1.807) is 66.7 Å². The fraction of sp³-hybridized carbons (Fsp3) is 0. The maximum absolute atomic E-state index is 12.5. The third-order valence-electron chi connectivity index (χ3n) is 5.07. The van der Waals surface area contributed by atoms with Gasteiger partial charge in [-0.2, -0.15) is 0 Å². The van der Waals surface area contributed by atoms with Crippen LogP contribution in [0.3, 0.4) is 0 Å². The van der Waals surface area contributed by atoms with Crippen LogP contribution in [0.15, 0.2) is 103 Å². The van der Waals surface area contributed by atoms with Crippen molar-refractivity contribution in [2.24, 2.45) is 0 Å². The number of esters is 1. The summed E-state index contributed by atoms with van der Waals surface area (Å²) in [5.41, 5.74) is 16.6. The van der Waals surface area contributed by atoms with Gasteiger partial charge in [-0.05, 0) is 71.3 Å². The molecule has 0 saturated heterocycles. The lowest BCUT2D eigenvalue weighted by Crippen LogP contribution is -2.03. The summed E-state index contributed by atoms with van der Waals surface area (Å²) in [7, 11) is 0. The quantitative estimate of drug-likeness (QED) is 0.140. The van der Waals surface area contributed by atoms with Gasteiger partial charge >= 0.3 is 5.97 Å². The molecule has 5 heteroatoms. The molecule has 0 aromatic heterocycles. The van der Waals surface area contributed by atoms with Crippen LogP contribution in [0.25, 0.3) is 17.2 Å². The minimum Gasteiger partial charge on any atom is -0.423 e. The van der Waals surface area contributed by atoms with E-state index in [4.69, 9.17) is 16.2 Å². The maximum Gasteiger partial charge on any atom is 0.336 e. The van der Waals surface area contributed by atoms with Crippen LogP contribution in [0, 0.1) is 0 Å².